The zero-order chi connectivity index (χ0) is 17.3. The Bertz CT molecular complexity index is 717. The molecule has 2 amide bonds. The van der Waals surface area contributed by atoms with Crippen LogP contribution < -0.4 is 5.32 Å². The summed E-state index contributed by atoms with van der Waals surface area (Å²) in [6.07, 6.45) is 1.85. The number of H-pyrrole nitrogens is 1. The molecule has 0 bridgehead atoms. The molecule has 9 nitrogen and oxygen atoms in total. The lowest BCUT2D eigenvalue weighted by molar-refractivity contribution is 0.190. The molecular weight excluding hydrogens is 310 g/mol. The van der Waals surface area contributed by atoms with E-state index in [1.807, 2.05) is 25.5 Å². The number of rotatable bonds is 3. The van der Waals surface area contributed by atoms with Crippen molar-refractivity contribution in [3.05, 3.63) is 23.0 Å². The zero-order valence-electron chi connectivity index (χ0n) is 14.2. The number of carbonyl (C=O) groups excluding carboxylic acids is 1. The van der Waals surface area contributed by atoms with Gasteiger partial charge in [-0.25, -0.2) is 4.79 Å². The van der Waals surface area contributed by atoms with Gasteiger partial charge >= 0.3 is 6.03 Å². The van der Waals surface area contributed by atoms with Gasteiger partial charge in [-0.15, -0.1) is 10.2 Å². The molecule has 0 radical (unpaired) electrons. The van der Waals surface area contributed by atoms with E-state index in [0.717, 1.165) is 35.7 Å². The van der Waals surface area contributed by atoms with Crippen molar-refractivity contribution >= 4 is 11.7 Å². The van der Waals surface area contributed by atoms with E-state index < -0.39 is 0 Å². The smallest absolute Gasteiger partial charge is 0.321 e. The summed E-state index contributed by atoms with van der Waals surface area (Å²) in [5.41, 5.74) is 2.36. The minimum Gasteiger partial charge on any atom is -0.388 e. The van der Waals surface area contributed by atoms with Crippen LogP contribution in [0.3, 0.4) is 0 Å². The summed E-state index contributed by atoms with van der Waals surface area (Å²) in [6.45, 7) is 4.89. The van der Waals surface area contributed by atoms with E-state index in [1.54, 1.807) is 4.90 Å². The van der Waals surface area contributed by atoms with Crippen LogP contribution >= 0.6 is 0 Å². The number of aryl methyl sites for hydroxylation is 2. The van der Waals surface area contributed by atoms with Gasteiger partial charge in [0.2, 0.25) is 0 Å². The van der Waals surface area contributed by atoms with E-state index in [-0.39, 0.29) is 18.6 Å². The Kier molecular flexibility index (Phi) is 4.52. The first kappa shape index (κ1) is 16.4. The number of carbonyl (C=O) groups is 1. The normalized spacial score (nSPS) is 18.0. The summed E-state index contributed by atoms with van der Waals surface area (Å²) in [4.78, 5) is 14.4. The number of anilines is 1. The van der Waals surface area contributed by atoms with Crippen LogP contribution in [0.1, 0.15) is 41.8 Å². The fourth-order valence-electron chi connectivity index (χ4n) is 3.16. The van der Waals surface area contributed by atoms with Gasteiger partial charge in [-0.3, -0.25) is 5.10 Å². The largest absolute Gasteiger partial charge is 0.388 e. The molecule has 3 N–H and O–H groups in total. The lowest BCUT2D eigenvalue weighted by Crippen LogP contribution is -2.42. The highest BCUT2D eigenvalue weighted by atomic mass is 16.3. The second-order valence-corrected chi connectivity index (χ2v) is 6.22. The summed E-state index contributed by atoms with van der Waals surface area (Å²) < 4.78 is 1.82. The van der Waals surface area contributed by atoms with Crippen LogP contribution in [0.25, 0.3) is 0 Å². The maximum Gasteiger partial charge on any atom is 0.321 e. The molecule has 1 saturated heterocycles. The van der Waals surface area contributed by atoms with Gasteiger partial charge in [0.05, 0.1) is 17.1 Å². The molecule has 130 valence electrons. The van der Waals surface area contributed by atoms with Gasteiger partial charge in [0.1, 0.15) is 12.4 Å². The second kappa shape index (κ2) is 6.60. The predicted octanol–water partition coefficient (Wildman–Crippen LogP) is 1.06. The number of aromatic amines is 1. The summed E-state index contributed by atoms with van der Waals surface area (Å²) in [5.74, 6) is 1.47. The number of aliphatic hydroxyl groups is 1. The van der Waals surface area contributed by atoms with Crippen LogP contribution in [-0.2, 0) is 13.7 Å². The SMILES string of the molecule is Cc1n[nH]c(C)c1NC(=O)N1CCCC(c2nnc(CO)n2C)C1. The number of aliphatic hydroxyl groups excluding tert-OH is 1. The number of nitrogens with one attached hydrogen (secondary N) is 2. The number of urea groups is 1. The average Bonchev–Trinajstić information content (AvgIpc) is 3.11. The molecule has 1 aliphatic rings. The van der Waals surface area contributed by atoms with Crippen molar-refractivity contribution in [2.24, 2.45) is 7.05 Å². The van der Waals surface area contributed by atoms with Crippen LogP contribution in [0.5, 0.6) is 0 Å². The number of hydrogen-bond acceptors (Lipinski definition) is 5. The van der Waals surface area contributed by atoms with Crippen LogP contribution in [0, 0.1) is 13.8 Å². The topological polar surface area (TPSA) is 112 Å². The number of likely N-dealkylation sites (tertiary alicyclic amines) is 1. The molecule has 2 aromatic rings. The molecule has 1 unspecified atom stereocenters. The predicted molar refractivity (Wildman–Crippen MR) is 87.6 cm³/mol. The molecule has 1 fully saturated rings. The maximum atomic E-state index is 12.6. The molecule has 1 atom stereocenters. The van der Waals surface area contributed by atoms with Crippen LogP contribution in [0.15, 0.2) is 0 Å². The molecule has 3 heterocycles. The number of aromatic nitrogens is 5. The minimum absolute atomic E-state index is 0.119. The first-order valence-electron chi connectivity index (χ1n) is 8.07. The van der Waals surface area contributed by atoms with Gasteiger partial charge in [-0.1, -0.05) is 0 Å². The molecule has 2 aromatic heterocycles. The van der Waals surface area contributed by atoms with Crippen molar-refractivity contribution in [1.82, 2.24) is 29.9 Å². The van der Waals surface area contributed by atoms with Crippen LogP contribution in [0.4, 0.5) is 10.5 Å². The van der Waals surface area contributed by atoms with Crippen molar-refractivity contribution < 1.29 is 9.90 Å². The lowest BCUT2D eigenvalue weighted by atomic mass is 9.97. The quantitative estimate of drug-likeness (QED) is 0.777. The summed E-state index contributed by atoms with van der Waals surface area (Å²) in [6, 6.07) is -0.128. The highest BCUT2D eigenvalue weighted by Gasteiger charge is 2.28. The van der Waals surface area contributed by atoms with Crippen molar-refractivity contribution in [2.45, 2.75) is 39.2 Å². The van der Waals surface area contributed by atoms with E-state index in [0.29, 0.717) is 18.9 Å². The fourth-order valence-corrected chi connectivity index (χ4v) is 3.16. The number of amides is 2. The molecule has 0 saturated carbocycles. The Balaban J connectivity index is 1.71. The van der Waals surface area contributed by atoms with Crippen molar-refractivity contribution in [3.63, 3.8) is 0 Å². The summed E-state index contributed by atoms with van der Waals surface area (Å²) in [5, 5.41) is 27.3. The molecule has 9 heteroatoms. The highest BCUT2D eigenvalue weighted by molar-refractivity contribution is 5.90. The third-order valence-corrected chi connectivity index (χ3v) is 4.57. The minimum atomic E-state index is -0.139. The average molecular weight is 333 g/mol. The van der Waals surface area contributed by atoms with Gasteiger partial charge in [0.25, 0.3) is 0 Å². The highest BCUT2D eigenvalue weighted by Crippen LogP contribution is 2.26. The number of piperidine rings is 1. The lowest BCUT2D eigenvalue weighted by Gasteiger charge is -2.32. The third-order valence-electron chi connectivity index (χ3n) is 4.57. The number of hydrogen-bond donors (Lipinski definition) is 3. The fraction of sp³-hybridized carbons (Fsp3) is 0.600. The van der Waals surface area contributed by atoms with Gasteiger partial charge < -0.3 is 19.9 Å². The zero-order valence-corrected chi connectivity index (χ0v) is 14.2. The Hall–Kier alpha value is -2.42. The van der Waals surface area contributed by atoms with E-state index in [4.69, 9.17) is 0 Å². The molecule has 0 aromatic carbocycles. The van der Waals surface area contributed by atoms with Crippen LogP contribution in [0.2, 0.25) is 0 Å². The first-order valence-corrected chi connectivity index (χ1v) is 8.07. The molecule has 1 aliphatic heterocycles. The molecular formula is C15H23N7O2. The standard InChI is InChI=1S/C15H23N7O2/c1-9-13(10(2)18-17-9)16-15(24)22-6-4-5-11(7-22)14-20-19-12(8-23)21(14)3/h11,23H,4-8H2,1-3H3,(H,16,24)(H,17,18). The third kappa shape index (κ3) is 2.99. The number of nitrogens with zero attached hydrogens (tertiary/aromatic N) is 5. The first-order chi connectivity index (χ1) is 11.5. The molecule has 0 spiro atoms. The van der Waals surface area contributed by atoms with E-state index in [1.165, 1.54) is 0 Å². The van der Waals surface area contributed by atoms with Gasteiger partial charge in [0, 0.05) is 26.1 Å². The summed E-state index contributed by atoms with van der Waals surface area (Å²) in [7, 11) is 1.85. The second-order valence-electron chi connectivity index (χ2n) is 6.22. The Morgan fingerprint density at radius 1 is 1.42 bits per heavy atom. The van der Waals surface area contributed by atoms with E-state index >= 15 is 0 Å². The van der Waals surface area contributed by atoms with E-state index in [2.05, 4.69) is 25.7 Å². The van der Waals surface area contributed by atoms with Gasteiger partial charge in [-0.05, 0) is 26.7 Å². The van der Waals surface area contributed by atoms with Crippen molar-refractivity contribution in [2.75, 3.05) is 18.4 Å². The van der Waals surface area contributed by atoms with Gasteiger partial charge in [-0.2, -0.15) is 5.10 Å². The molecule has 3 rings (SSSR count). The Morgan fingerprint density at radius 2 is 2.21 bits per heavy atom. The Morgan fingerprint density at radius 3 is 2.83 bits per heavy atom. The van der Waals surface area contributed by atoms with Crippen molar-refractivity contribution in [1.29, 1.82) is 0 Å². The van der Waals surface area contributed by atoms with Crippen molar-refractivity contribution in [3.8, 4) is 0 Å². The molecule has 24 heavy (non-hydrogen) atoms. The van der Waals surface area contributed by atoms with Crippen LogP contribution in [-0.4, -0.2) is 54.1 Å². The van der Waals surface area contributed by atoms with E-state index in [9.17, 15) is 9.90 Å². The monoisotopic (exact) mass is 333 g/mol. The maximum absolute atomic E-state index is 12.6. The summed E-state index contributed by atoms with van der Waals surface area (Å²) >= 11 is 0. The Labute approximate surface area is 140 Å². The van der Waals surface area contributed by atoms with Gasteiger partial charge in [0.15, 0.2) is 5.82 Å². The molecule has 0 aliphatic carbocycles.